The van der Waals surface area contributed by atoms with E-state index in [9.17, 15) is 28.7 Å². The number of H-pyrrole nitrogens is 1. The monoisotopic (exact) mass is 871 g/mol. The fraction of sp³-hybridized carbons (Fsp3) is 0.452. The molecule has 0 spiro atoms. The Morgan fingerprint density at radius 2 is 1.16 bits per heavy atom. The predicted molar refractivity (Wildman–Crippen MR) is 217 cm³/mol. The molecular formula is C42H51F2N5O13. The van der Waals surface area contributed by atoms with Crippen molar-refractivity contribution in [3.05, 3.63) is 94.7 Å². The molecule has 4 aromatic rings. The number of methoxy groups -OCH3 is 1. The molecule has 336 valence electrons. The smallest absolute Gasteiger partial charge is 0.407 e. The van der Waals surface area contributed by atoms with Crippen LogP contribution in [0.15, 0.2) is 60.8 Å². The summed E-state index contributed by atoms with van der Waals surface area (Å²) < 4.78 is 72.5. The number of hydrogen-bond donors (Lipinski definition) is 4. The first-order valence-corrected chi connectivity index (χ1v) is 19.9. The molecular weight excluding hydrogens is 820 g/mol. The van der Waals surface area contributed by atoms with Crippen molar-refractivity contribution in [1.82, 2.24) is 25.7 Å². The van der Waals surface area contributed by atoms with E-state index in [1.807, 2.05) is 0 Å². The summed E-state index contributed by atoms with van der Waals surface area (Å²) in [4.78, 5) is 52.7. The summed E-state index contributed by atoms with van der Waals surface area (Å²) in [6.45, 7) is 4.82. The number of ketones is 1. The van der Waals surface area contributed by atoms with E-state index in [4.69, 9.17) is 37.9 Å². The van der Waals surface area contributed by atoms with Crippen LogP contribution in [0.5, 0.6) is 5.75 Å². The van der Waals surface area contributed by atoms with Crippen molar-refractivity contribution in [2.75, 3.05) is 113 Å². The highest BCUT2D eigenvalue weighted by Crippen LogP contribution is 2.27. The average molecular weight is 872 g/mol. The lowest BCUT2D eigenvalue weighted by Gasteiger charge is -2.21. The quantitative estimate of drug-likeness (QED) is 0.0477. The van der Waals surface area contributed by atoms with Crippen LogP contribution in [0.1, 0.15) is 36.6 Å². The van der Waals surface area contributed by atoms with Gasteiger partial charge in [-0.25, -0.2) is 13.6 Å². The molecule has 0 bridgehead atoms. The number of fused-ring (bicyclic) bond motifs is 1. The van der Waals surface area contributed by atoms with E-state index in [-0.39, 0.29) is 56.4 Å². The number of nitrogens with zero attached hydrogens (tertiary/aromatic N) is 2. The molecule has 3 amide bonds. The number of hydrogen-bond acceptors (Lipinski definition) is 13. The van der Waals surface area contributed by atoms with Crippen LogP contribution in [0.3, 0.4) is 0 Å². The molecule has 0 unspecified atom stereocenters. The minimum absolute atomic E-state index is 0.0563. The lowest BCUT2D eigenvalue weighted by molar-refractivity contribution is -0.0199. The predicted octanol–water partition coefficient (Wildman–Crippen LogP) is 3.09. The van der Waals surface area contributed by atoms with Gasteiger partial charge in [0.05, 0.1) is 110 Å². The normalized spacial score (nSPS) is 14.9. The second-order valence-electron chi connectivity index (χ2n) is 13.7. The number of amides is 3. The molecule has 18 nitrogen and oxygen atoms in total. The van der Waals surface area contributed by atoms with Gasteiger partial charge >= 0.3 is 6.09 Å². The van der Waals surface area contributed by atoms with Gasteiger partial charge in [-0.15, -0.1) is 0 Å². The molecule has 2 atom stereocenters. The largest absolute Gasteiger partial charge is 0.490 e. The summed E-state index contributed by atoms with van der Waals surface area (Å²) >= 11 is 0. The molecule has 20 heteroatoms. The fourth-order valence-electron chi connectivity index (χ4n) is 6.17. The summed E-state index contributed by atoms with van der Waals surface area (Å²) in [5, 5.41) is 22.7. The molecule has 0 aliphatic carbocycles. The van der Waals surface area contributed by atoms with E-state index in [2.05, 4.69) is 20.8 Å². The number of nitrogens with one attached hydrogen (secondary N) is 3. The summed E-state index contributed by atoms with van der Waals surface area (Å²) in [6, 6.07) is 10.5. The molecule has 1 fully saturated rings. The maximum absolute atomic E-state index is 15.1. The summed E-state index contributed by atoms with van der Waals surface area (Å²) in [5.74, 6) is -4.83. The molecule has 3 aromatic carbocycles. The van der Waals surface area contributed by atoms with E-state index in [0.29, 0.717) is 77.1 Å². The van der Waals surface area contributed by atoms with Gasteiger partial charge in [0, 0.05) is 42.3 Å². The van der Waals surface area contributed by atoms with E-state index < -0.39 is 53.0 Å². The van der Waals surface area contributed by atoms with Gasteiger partial charge in [-0.2, -0.15) is 5.10 Å². The van der Waals surface area contributed by atoms with Crippen LogP contribution in [0.25, 0.3) is 10.9 Å². The Bertz CT molecular complexity index is 2050. The van der Waals surface area contributed by atoms with Gasteiger partial charge in [0.1, 0.15) is 17.9 Å². The molecule has 1 saturated heterocycles. The third-order valence-electron chi connectivity index (χ3n) is 9.40. The fourth-order valence-corrected chi connectivity index (χ4v) is 6.17. The second kappa shape index (κ2) is 25.4. The Hall–Kier alpha value is -5.61. The summed E-state index contributed by atoms with van der Waals surface area (Å²) in [6.07, 6.45) is 0.389. The average Bonchev–Trinajstić information content (AvgIpc) is 3.92. The van der Waals surface area contributed by atoms with Gasteiger partial charge in [-0.1, -0.05) is 18.2 Å². The molecule has 2 heterocycles. The molecule has 0 radical (unpaired) electrons. The van der Waals surface area contributed by atoms with Crippen LogP contribution in [0.4, 0.5) is 13.6 Å². The lowest BCUT2D eigenvalue weighted by atomic mass is 10.00. The highest BCUT2D eigenvalue weighted by atomic mass is 19.2. The number of halogens is 2. The first-order valence-electron chi connectivity index (χ1n) is 19.9. The van der Waals surface area contributed by atoms with E-state index in [1.54, 1.807) is 31.5 Å². The Labute approximate surface area is 356 Å². The molecule has 1 aliphatic heterocycles. The van der Waals surface area contributed by atoms with Gasteiger partial charge in [0.2, 0.25) is 0 Å². The Morgan fingerprint density at radius 1 is 0.677 bits per heavy atom. The first-order chi connectivity index (χ1) is 30.2. The van der Waals surface area contributed by atoms with Crippen molar-refractivity contribution in [2.45, 2.75) is 12.1 Å². The maximum atomic E-state index is 15.1. The van der Waals surface area contributed by atoms with Crippen LogP contribution >= 0.6 is 0 Å². The van der Waals surface area contributed by atoms with Crippen molar-refractivity contribution in [2.24, 2.45) is 0 Å². The van der Waals surface area contributed by atoms with Crippen molar-refractivity contribution >= 4 is 34.6 Å². The molecule has 0 saturated carbocycles. The van der Waals surface area contributed by atoms with Gasteiger partial charge in [-0.3, -0.25) is 19.5 Å². The van der Waals surface area contributed by atoms with Crippen LogP contribution in [-0.2, 0) is 33.2 Å². The highest BCUT2D eigenvalue weighted by molar-refractivity contribution is 6.11. The van der Waals surface area contributed by atoms with Crippen LogP contribution < -0.4 is 15.4 Å². The number of ether oxygens (including phenoxy) is 8. The zero-order valence-electron chi connectivity index (χ0n) is 34.2. The number of likely N-dealkylation sites (tertiary alicyclic amines) is 1. The third kappa shape index (κ3) is 14.5. The Morgan fingerprint density at radius 3 is 1.69 bits per heavy atom. The standard InChI is InChI=1S/C42H51F2N5O13/c1-55-10-11-56-12-13-57-14-15-58-16-17-59-18-19-60-20-21-61-22-23-62-36-9-8-32(43)38(44)37(36)39(50)28-2-4-29(5-3-28)40(51)46-34-26-49(42(53)54)27-35(34)47-41(52)30-6-7-31-25-45-48-33(31)24-30/h2-9,24-25,34-35H,10-23,26-27H2,1H3,(H,45,48)(H,46,51)(H,47,52)(H,53,54)/t34-,35-/m1/s1. The molecule has 62 heavy (non-hydrogen) atoms. The zero-order chi connectivity index (χ0) is 44.1. The number of aromatic amines is 1. The van der Waals surface area contributed by atoms with Crippen molar-refractivity contribution in [1.29, 1.82) is 0 Å². The van der Waals surface area contributed by atoms with Crippen molar-refractivity contribution in [3.8, 4) is 5.75 Å². The molecule has 1 aromatic heterocycles. The minimum atomic E-state index is -1.40. The van der Waals surface area contributed by atoms with Crippen molar-refractivity contribution < 1.29 is 71.0 Å². The first kappa shape index (κ1) is 47.4. The van der Waals surface area contributed by atoms with Gasteiger partial charge in [0.15, 0.2) is 17.4 Å². The van der Waals surface area contributed by atoms with Crippen LogP contribution in [0, 0.1) is 11.6 Å². The summed E-state index contributed by atoms with van der Waals surface area (Å²) in [7, 11) is 1.61. The lowest BCUT2D eigenvalue weighted by Crippen LogP contribution is -2.51. The zero-order valence-corrected chi connectivity index (χ0v) is 34.2. The van der Waals surface area contributed by atoms with Crippen LogP contribution in [-0.4, -0.2) is 169 Å². The van der Waals surface area contributed by atoms with E-state index in [0.717, 1.165) is 22.4 Å². The van der Waals surface area contributed by atoms with E-state index >= 15 is 4.39 Å². The number of carbonyl (C=O) groups is 4. The Kier molecular flexibility index (Phi) is 19.4. The number of rotatable bonds is 28. The minimum Gasteiger partial charge on any atom is -0.490 e. The second-order valence-corrected chi connectivity index (χ2v) is 13.7. The van der Waals surface area contributed by atoms with Gasteiger partial charge in [-0.05, 0) is 36.4 Å². The summed E-state index contributed by atoms with van der Waals surface area (Å²) in [5.41, 5.74) is 0.357. The molecule has 4 N–H and O–H groups in total. The third-order valence-corrected chi connectivity index (χ3v) is 9.40. The van der Waals surface area contributed by atoms with Crippen LogP contribution in [0.2, 0.25) is 0 Å². The Balaban J connectivity index is 1.01. The number of aromatic nitrogens is 2. The number of carboxylic acid groups (broad SMARTS) is 1. The molecule has 1 aliphatic rings. The topological polar surface area (TPSA) is 218 Å². The SMILES string of the molecule is COCCOCCOCCOCCOCCOCCOCCOc1ccc(F)c(F)c1C(=O)c1ccc(C(=O)N[C@@H]2CN(C(=O)O)C[C@H]2NC(=O)c2ccc3cn[nH]c3c2)cc1. The number of carbonyl (C=O) groups excluding carboxylic acids is 3. The van der Waals surface area contributed by atoms with Crippen molar-refractivity contribution in [3.63, 3.8) is 0 Å². The molecule has 5 rings (SSSR count). The number of benzene rings is 3. The maximum Gasteiger partial charge on any atom is 0.407 e. The van der Waals surface area contributed by atoms with Gasteiger partial charge in [0.25, 0.3) is 11.8 Å². The van der Waals surface area contributed by atoms with Gasteiger partial charge < -0.3 is 58.5 Å². The highest BCUT2D eigenvalue weighted by Gasteiger charge is 2.37. The van der Waals surface area contributed by atoms with E-state index in [1.165, 1.54) is 24.3 Å².